The summed E-state index contributed by atoms with van der Waals surface area (Å²) in [5.74, 6) is -0.237. The Hall–Kier alpha value is -1.36. The molecule has 3 rings (SSSR count). The van der Waals surface area contributed by atoms with Crippen LogP contribution in [0.4, 0.5) is 4.79 Å². The van der Waals surface area contributed by atoms with Gasteiger partial charge in [-0.2, -0.15) is 0 Å². The van der Waals surface area contributed by atoms with Crippen molar-refractivity contribution in [1.29, 1.82) is 0 Å². The number of carbonyl (C=O) groups excluding carboxylic acids is 2. The van der Waals surface area contributed by atoms with E-state index in [4.69, 9.17) is 0 Å². The molecule has 1 unspecified atom stereocenters. The van der Waals surface area contributed by atoms with Crippen molar-refractivity contribution in [2.24, 2.45) is 0 Å². The van der Waals surface area contributed by atoms with Crippen molar-refractivity contribution in [3.8, 4) is 0 Å². The van der Waals surface area contributed by atoms with E-state index in [0.29, 0.717) is 6.42 Å². The van der Waals surface area contributed by atoms with Gasteiger partial charge < -0.3 is 5.32 Å². The van der Waals surface area contributed by atoms with E-state index in [-0.39, 0.29) is 5.91 Å². The van der Waals surface area contributed by atoms with Gasteiger partial charge in [-0.1, -0.05) is 22.0 Å². The SMILES string of the molecule is O=C1NC(=O)C2(CCc3cc(Br)ccc32)N1. The average molecular weight is 281 g/mol. The highest BCUT2D eigenvalue weighted by Gasteiger charge is 2.51. The van der Waals surface area contributed by atoms with Gasteiger partial charge in [0.25, 0.3) is 5.91 Å². The van der Waals surface area contributed by atoms with E-state index in [0.717, 1.165) is 22.0 Å². The number of halogens is 1. The number of amides is 3. The van der Waals surface area contributed by atoms with Crippen LogP contribution in [0.25, 0.3) is 0 Å². The van der Waals surface area contributed by atoms with Crippen LogP contribution in [0.15, 0.2) is 22.7 Å². The van der Waals surface area contributed by atoms with Gasteiger partial charge in [0.15, 0.2) is 0 Å². The van der Waals surface area contributed by atoms with Crippen molar-refractivity contribution in [1.82, 2.24) is 10.6 Å². The summed E-state index contributed by atoms with van der Waals surface area (Å²) in [6.45, 7) is 0. The number of hydrogen-bond acceptors (Lipinski definition) is 2. The van der Waals surface area contributed by atoms with E-state index in [9.17, 15) is 9.59 Å². The summed E-state index contributed by atoms with van der Waals surface area (Å²) < 4.78 is 0.994. The van der Waals surface area contributed by atoms with Crippen molar-refractivity contribution in [3.05, 3.63) is 33.8 Å². The molecule has 1 aliphatic heterocycles. The first kappa shape index (κ1) is 9.84. The lowest BCUT2D eigenvalue weighted by Gasteiger charge is -2.20. The van der Waals surface area contributed by atoms with E-state index in [2.05, 4.69) is 26.6 Å². The molecule has 1 spiro atoms. The minimum absolute atomic E-state index is 0.237. The summed E-state index contributed by atoms with van der Waals surface area (Å²) in [7, 11) is 0. The maximum atomic E-state index is 11.9. The molecule has 5 heteroatoms. The molecule has 0 saturated carbocycles. The molecule has 3 amide bonds. The quantitative estimate of drug-likeness (QED) is 0.707. The van der Waals surface area contributed by atoms with Crippen LogP contribution in [0.3, 0.4) is 0 Å². The molecule has 4 nitrogen and oxygen atoms in total. The van der Waals surface area contributed by atoms with Crippen LogP contribution in [0.5, 0.6) is 0 Å². The second-order valence-corrected chi connectivity index (χ2v) is 5.03. The van der Waals surface area contributed by atoms with Crippen LogP contribution < -0.4 is 10.6 Å². The minimum atomic E-state index is -0.826. The molecule has 2 N–H and O–H groups in total. The van der Waals surface area contributed by atoms with E-state index in [1.807, 2.05) is 18.2 Å². The van der Waals surface area contributed by atoms with Crippen molar-refractivity contribution in [2.45, 2.75) is 18.4 Å². The maximum Gasteiger partial charge on any atom is 0.322 e. The van der Waals surface area contributed by atoms with Gasteiger partial charge in [-0.15, -0.1) is 0 Å². The van der Waals surface area contributed by atoms with Crippen molar-refractivity contribution in [2.75, 3.05) is 0 Å². The summed E-state index contributed by atoms with van der Waals surface area (Å²) in [5, 5.41) is 5.04. The Bertz CT molecular complexity index is 515. The molecular formula is C11H9BrN2O2. The van der Waals surface area contributed by atoms with E-state index >= 15 is 0 Å². The number of urea groups is 1. The molecule has 0 aromatic heterocycles. The molecule has 1 saturated heterocycles. The molecular weight excluding hydrogens is 272 g/mol. The fourth-order valence-corrected chi connectivity index (χ4v) is 2.91. The van der Waals surface area contributed by atoms with Gasteiger partial charge in [0.2, 0.25) is 0 Å². The van der Waals surface area contributed by atoms with Crippen LogP contribution in [0.1, 0.15) is 17.5 Å². The van der Waals surface area contributed by atoms with Gasteiger partial charge in [0, 0.05) is 4.47 Å². The molecule has 1 heterocycles. The van der Waals surface area contributed by atoms with E-state index < -0.39 is 11.6 Å². The number of carbonyl (C=O) groups is 2. The third-order valence-electron chi connectivity index (χ3n) is 3.24. The zero-order chi connectivity index (χ0) is 11.3. The Kier molecular flexibility index (Phi) is 1.89. The summed E-state index contributed by atoms with van der Waals surface area (Å²) in [5.41, 5.74) is 1.21. The summed E-state index contributed by atoms with van der Waals surface area (Å²) in [6.07, 6.45) is 1.44. The van der Waals surface area contributed by atoms with Crippen molar-refractivity contribution < 1.29 is 9.59 Å². The van der Waals surface area contributed by atoms with Crippen molar-refractivity contribution in [3.63, 3.8) is 0 Å². The van der Waals surface area contributed by atoms with Gasteiger partial charge in [0.1, 0.15) is 5.54 Å². The number of nitrogens with one attached hydrogen (secondary N) is 2. The largest absolute Gasteiger partial charge is 0.322 e. The second kappa shape index (κ2) is 3.07. The number of aryl methyl sites for hydroxylation is 1. The Morgan fingerprint density at radius 2 is 2.12 bits per heavy atom. The Balaban J connectivity index is 2.15. The monoisotopic (exact) mass is 280 g/mol. The summed E-state index contributed by atoms with van der Waals surface area (Å²) >= 11 is 3.40. The molecule has 0 radical (unpaired) electrons. The highest BCUT2D eigenvalue weighted by atomic mass is 79.9. The standard InChI is InChI=1S/C11H9BrN2O2/c12-7-1-2-8-6(5-7)3-4-11(8)9(15)13-10(16)14-11/h1-2,5H,3-4H2,(H2,13,14,15,16). The van der Waals surface area contributed by atoms with Crippen LogP contribution in [0.2, 0.25) is 0 Å². The number of imide groups is 1. The number of rotatable bonds is 0. The fourth-order valence-electron chi connectivity index (χ4n) is 2.50. The zero-order valence-corrected chi connectivity index (χ0v) is 9.93. The number of fused-ring (bicyclic) bond motifs is 2. The van der Waals surface area contributed by atoms with E-state index in [1.54, 1.807) is 0 Å². The molecule has 2 aliphatic rings. The first-order chi connectivity index (χ1) is 7.62. The fraction of sp³-hybridized carbons (Fsp3) is 0.273. The van der Waals surface area contributed by atoms with E-state index in [1.165, 1.54) is 0 Å². The number of benzene rings is 1. The van der Waals surface area contributed by atoms with Gasteiger partial charge in [-0.25, -0.2) is 4.79 Å². The first-order valence-electron chi connectivity index (χ1n) is 5.04. The van der Waals surface area contributed by atoms with Gasteiger partial charge in [-0.3, -0.25) is 10.1 Å². The third-order valence-corrected chi connectivity index (χ3v) is 3.73. The highest BCUT2D eigenvalue weighted by Crippen LogP contribution is 2.39. The molecule has 0 bridgehead atoms. The van der Waals surface area contributed by atoms with Crippen molar-refractivity contribution >= 4 is 27.9 Å². The predicted molar refractivity (Wildman–Crippen MR) is 60.8 cm³/mol. The lowest BCUT2D eigenvalue weighted by atomic mass is 9.92. The maximum absolute atomic E-state index is 11.9. The summed E-state index contributed by atoms with van der Waals surface area (Å²) in [6, 6.07) is 5.39. The summed E-state index contributed by atoms with van der Waals surface area (Å²) in [4.78, 5) is 23.1. The molecule has 1 aliphatic carbocycles. The van der Waals surface area contributed by atoms with Gasteiger partial charge >= 0.3 is 6.03 Å². The molecule has 1 aromatic carbocycles. The topological polar surface area (TPSA) is 58.2 Å². The first-order valence-corrected chi connectivity index (χ1v) is 5.84. The normalized spacial score (nSPS) is 26.8. The zero-order valence-electron chi connectivity index (χ0n) is 8.34. The minimum Gasteiger partial charge on any atom is -0.319 e. The van der Waals surface area contributed by atoms with Crippen LogP contribution in [-0.2, 0) is 16.8 Å². The highest BCUT2D eigenvalue weighted by molar-refractivity contribution is 9.10. The van der Waals surface area contributed by atoms with Gasteiger partial charge in [-0.05, 0) is 36.1 Å². The molecule has 1 atom stereocenters. The predicted octanol–water partition coefficient (Wildman–Crippen LogP) is 1.43. The smallest absolute Gasteiger partial charge is 0.319 e. The van der Waals surface area contributed by atoms with Crippen LogP contribution in [-0.4, -0.2) is 11.9 Å². The van der Waals surface area contributed by atoms with Gasteiger partial charge in [0.05, 0.1) is 0 Å². The van der Waals surface area contributed by atoms with Crippen LogP contribution >= 0.6 is 15.9 Å². The third kappa shape index (κ3) is 1.15. The molecule has 1 aromatic rings. The Morgan fingerprint density at radius 3 is 2.81 bits per heavy atom. The Labute approximate surface area is 101 Å². The number of hydrogen-bond donors (Lipinski definition) is 2. The average Bonchev–Trinajstić information content (AvgIpc) is 2.70. The lowest BCUT2D eigenvalue weighted by Crippen LogP contribution is -2.41. The molecule has 82 valence electrons. The van der Waals surface area contributed by atoms with Crippen LogP contribution in [0, 0.1) is 0 Å². The Morgan fingerprint density at radius 1 is 1.31 bits per heavy atom. The molecule has 1 fully saturated rings. The molecule has 16 heavy (non-hydrogen) atoms. The lowest BCUT2D eigenvalue weighted by molar-refractivity contribution is -0.124. The second-order valence-electron chi connectivity index (χ2n) is 4.12.